The molecule has 0 fully saturated rings. The summed E-state index contributed by atoms with van der Waals surface area (Å²) in [5, 5.41) is 11.7. The minimum absolute atomic E-state index is 0.0372. The van der Waals surface area contributed by atoms with Crippen molar-refractivity contribution < 1.29 is 19.5 Å². The molecule has 0 aliphatic carbocycles. The first kappa shape index (κ1) is 18.2. The minimum Gasteiger partial charge on any atom is -0.480 e. The third-order valence-electron chi connectivity index (χ3n) is 3.47. The molecule has 0 aliphatic heterocycles. The zero-order valence-electron chi connectivity index (χ0n) is 12.7. The number of likely N-dealkylation sites (N-methyl/N-ethyl adjacent to an activating group) is 1. The smallest absolute Gasteiger partial charge is 0.329 e. The maximum absolute atomic E-state index is 12.0. The average Bonchev–Trinajstić information content (AvgIpc) is 2.46. The number of hydrogen-bond donors (Lipinski definition) is 2. The number of hydrogen-bond acceptors (Lipinski definition) is 3. The van der Waals surface area contributed by atoms with Crippen molar-refractivity contribution in [2.45, 2.75) is 25.8 Å². The second-order valence-corrected chi connectivity index (χ2v) is 6.25. The number of nitrogens with one attached hydrogen (secondary N) is 1. The maximum atomic E-state index is 12.0. The highest BCUT2D eigenvalue weighted by Crippen LogP contribution is 2.13. The molecule has 7 heteroatoms. The zero-order chi connectivity index (χ0) is 16.9. The second kappa shape index (κ2) is 7.40. The van der Waals surface area contributed by atoms with Crippen LogP contribution in [-0.2, 0) is 9.59 Å². The highest BCUT2D eigenvalue weighted by Gasteiger charge is 2.34. The summed E-state index contributed by atoms with van der Waals surface area (Å²) in [6.07, 6.45) is 0.0372. The molecule has 6 nitrogen and oxygen atoms in total. The molecule has 0 bridgehead atoms. The lowest BCUT2D eigenvalue weighted by Gasteiger charge is -2.31. The molecule has 1 aromatic carbocycles. The van der Waals surface area contributed by atoms with E-state index >= 15 is 0 Å². The number of halogens is 1. The van der Waals surface area contributed by atoms with Gasteiger partial charge in [0.25, 0.3) is 5.91 Å². The number of aliphatic carboxylic acids is 1. The Kier molecular flexibility index (Phi) is 6.11. The van der Waals surface area contributed by atoms with Gasteiger partial charge in [-0.15, -0.1) is 0 Å². The number of amides is 2. The zero-order valence-corrected chi connectivity index (χ0v) is 14.3. The number of carboxylic acid groups (broad SMARTS) is 1. The number of rotatable bonds is 6. The van der Waals surface area contributed by atoms with Crippen LogP contribution in [0.25, 0.3) is 0 Å². The van der Waals surface area contributed by atoms with Gasteiger partial charge in [-0.1, -0.05) is 15.9 Å². The third-order valence-corrected chi connectivity index (χ3v) is 4.00. The van der Waals surface area contributed by atoms with E-state index in [4.69, 9.17) is 5.11 Å². The number of benzene rings is 1. The fraction of sp³-hybridized carbons (Fsp3) is 0.400. The summed E-state index contributed by atoms with van der Waals surface area (Å²) in [7, 11) is 1.44. The monoisotopic (exact) mass is 370 g/mol. The van der Waals surface area contributed by atoms with Gasteiger partial charge < -0.3 is 15.3 Å². The Hall–Kier alpha value is -1.89. The van der Waals surface area contributed by atoms with E-state index in [2.05, 4.69) is 21.2 Å². The Bertz CT molecular complexity index is 569. The van der Waals surface area contributed by atoms with E-state index in [1.54, 1.807) is 24.3 Å². The van der Waals surface area contributed by atoms with Crippen molar-refractivity contribution in [3.63, 3.8) is 0 Å². The van der Waals surface area contributed by atoms with Crippen LogP contribution in [0.5, 0.6) is 0 Å². The van der Waals surface area contributed by atoms with Crippen LogP contribution in [0.2, 0.25) is 0 Å². The number of carbonyl (C=O) groups excluding carboxylic acids is 2. The van der Waals surface area contributed by atoms with E-state index in [0.717, 1.165) is 4.47 Å². The summed E-state index contributed by atoms with van der Waals surface area (Å²) in [4.78, 5) is 36.1. The largest absolute Gasteiger partial charge is 0.480 e. The van der Waals surface area contributed by atoms with Crippen molar-refractivity contribution in [3.8, 4) is 0 Å². The molecular formula is C15H19BrN2O4. The van der Waals surface area contributed by atoms with Crippen LogP contribution in [0.4, 0.5) is 0 Å². The molecule has 0 aliphatic rings. The topological polar surface area (TPSA) is 86.7 Å². The summed E-state index contributed by atoms with van der Waals surface area (Å²) >= 11 is 3.28. The van der Waals surface area contributed by atoms with E-state index in [1.165, 1.54) is 25.8 Å². The number of nitrogens with zero attached hydrogens (tertiary/aromatic N) is 1. The van der Waals surface area contributed by atoms with E-state index in [-0.39, 0.29) is 24.8 Å². The fourth-order valence-electron chi connectivity index (χ4n) is 1.61. The SMILES string of the molecule is CN(C(=O)CCNC(=O)c1ccc(Br)cc1)C(C)(C)C(=O)O. The standard InChI is InChI=1S/C15H19BrN2O4/c1-15(2,14(21)22)18(3)12(19)8-9-17-13(20)10-4-6-11(16)7-5-10/h4-7H,8-9H2,1-3H3,(H,17,20)(H,21,22). The van der Waals surface area contributed by atoms with Crippen LogP contribution >= 0.6 is 15.9 Å². The molecular weight excluding hydrogens is 352 g/mol. The van der Waals surface area contributed by atoms with E-state index in [1.807, 2.05) is 0 Å². The van der Waals surface area contributed by atoms with Crippen molar-refractivity contribution in [1.29, 1.82) is 0 Å². The van der Waals surface area contributed by atoms with Gasteiger partial charge in [0.15, 0.2) is 0 Å². The van der Waals surface area contributed by atoms with Gasteiger partial charge in [0, 0.05) is 30.0 Å². The van der Waals surface area contributed by atoms with Gasteiger partial charge in [0.05, 0.1) is 0 Å². The van der Waals surface area contributed by atoms with Gasteiger partial charge in [0.2, 0.25) is 5.91 Å². The Balaban J connectivity index is 2.50. The van der Waals surface area contributed by atoms with Crippen LogP contribution < -0.4 is 5.32 Å². The molecule has 0 aromatic heterocycles. The summed E-state index contributed by atoms with van der Waals surface area (Å²) < 4.78 is 0.872. The molecule has 0 radical (unpaired) electrons. The van der Waals surface area contributed by atoms with Crippen molar-refractivity contribution >= 4 is 33.7 Å². The van der Waals surface area contributed by atoms with Crippen molar-refractivity contribution in [2.75, 3.05) is 13.6 Å². The van der Waals surface area contributed by atoms with Gasteiger partial charge in [-0.2, -0.15) is 0 Å². The lowest BCUT2D eigenvalue weighted by atomic mass is 10.0. The lowest BCUT2D eigenvalue weighted by molar-refractivity contribution is -0.155. The van der Waals surface area contributed by atoms with Crippen LogP contribution in [0, 0.1) is 0 Å². The Morgan fingerprint density at radius 3 is 2.27 bits per heavy atom. The molecule has 0 atom stereocenters. The average molecular weight is 371 g/mol. The molecule has 0 spiro atoms. The Morgan fingerprint density at radius 1 is 1.23 bits per heavy atom. The third kappa shape index (κ3) is 4.56. The minimum atomic E-state index is -1.28. The van der Waals surface area contributed by atoms with Gasteiger partial charge in [-0.25, -0.2) is 4.79 Å². The van der Waals surface area contributed by atoms with Gasteiger partial charge in [-0.05, 0) is 38.1 Å². The van der Waals surface area contributed by atoms with Gasteiger partial charge in [0.1, 0.15) is 5.54 Å². The second-order valence-electron chi connectivity index (χ2n) is 5.33. The molecule has 1 rings (SSSR count). The highest BCUT2D eigenvalue weighted by atomic mass is 79.9. The van der Waals surface area contributed by atoms with Gasteiger partial charge in [-0.3, -0.25) is 9.59 Å². The number of carbonyl (C=O) groups is 3. The van der Waals surface area contributed by atoms with Crippen molar-refractivity contribution in [2.24, 2.45) is 0 Å². The highest BCUT2D eigenvalue weighted by molar-refractivity contribution is 9.10. The molecule has 0 saturated heterocycles. The maximum Gasteiger partial charge on any atom is 0.329 e. The molecule has 0 saturated carbocycles. The molecule has 2 N–H and O–H groups in total. The Labute approximate surface area is 137 Å². The van der Waals surface area contributed by atoms with E-state index in [9.17, 15) is 14.4 Å². The van der Waals surface area contributed by atoms with Crippen LogP contribution in [0.15, 0.2) is 28.7 Å². The predicted molar refractivity (Wildman–Crippen MR) is 85.6 cm³/mol. The molecule has 0 heterocycles. The number of carboxylic acids is 1. The summed E-state index contributed by atoms with van der Waals surface area (Å²) in [6, 6.07) is 6.84. The molecule has 120 valence electrons. The van der Waals surface area contributed by atoms with E-state index < -0.39 is 11.5 Å². The lowest BCUT2D eigenvalue weighted by Crippen LogP contribution is -2.51. The normalized spacial score (nSPS) is 10.9. The molecule has 22 heavy (non-hydrogen) atoms. The molecule has 1 aromatic rings. The quantitative estimate of drug-likeness (QED) is 0.800. The van der Waals surface area contributed by atoms with Crippen LogP contribution in [0.1, 0.15) is 30.6 Å². The first-order chi connectivity index (χ1) is 10.2. The van der Waals surface area contributed by atoms with Crippen LogP contribution in [-0.4, -0.2) is 46.9 Å². The van der Waals surface area contributed by atoms with Crippen LogP contribution in [0.3, 0.4) is 0 Å². The predicted octanol–water partition coefficient (Wildman–Crippen LogP) is 1.89. The first-order valence-corrected chi connectivity index (χ1v) is 7.49. The summed E-state index contributed by atoms with van der Waals surface area (Å²) in [5.41, 5.74) is -0.790. The Morgan fingerprint density at radius 2 is 1.77 bits per heavy atom. The van der Waals surface area contributed by atoms with Crippen molar-refractivity contribution in [1.82, 2.24) is 10.2 Å². The molecule has 2 amide bonds. The molecule has 0 unspecified atom stereocenters. The summed E-state index contributed by atoms with van der Waals surface area (Å²) in [5.74, 6) is -1.70. The van der Waals surface area contributed by atoms with E-state index in [0.29, 0.717) is 5.56 Å². The fourth-order valence-corrected chi connectivity index (χ4v) is 1.87. The first-order valence-electron chi connectivity index (χ1n) is 6.70. The summed E-state index contributed by atoms with van der Waals surface area (Å²) in [6.45, 7) is 3.05. The van der Waals surface area contributed by atoms with Gasteiger partial charge >= 0.3 is 5.97 Å². The van der Waals surface area contributed by atoms with Crippen molar-refractivity contribution in [3.05, 3.63) is 34.3 Å².